The molecule has 1 aliphatic heterocycles. The molecule has 1 aromatic rings. The van der Waals surface area contributed by atoms with E-state index in [-0.39, 0.29) is 5.91 Å². The molecule has 1 aromatic carbocycles. The van der Waals surface area contributed by atoms with E-state index >= 15 is 0 Å². The number of nitrogens with zero attached hydrogens (tertiary/aromatic N) is 2. The van der Waals surface area contributed by atoms with Gasteiger partial charge in [0.1, 0.15) is 5.54 Å². The maximum atomic E-state index is 12.8. The van der Waals surface area contributed by atoms with E-state index in [2.05, 4.69) is 24.3 Å². The van der Waals surface area contributed by atoms with E-state index in [1.165, 1.54) is 6.21 Å². The van der Waals surface area contributed by atoms with Gasteiger partial charge in [0.2, 0.25) is 0 Å². The van der Waals surface area contributed by atoms with Crippen molar-refractivity contribution in [3.8, 4) is 11.5 Å². The topological polar surface area (TPSA) is 80.2 Å². The highest BCUT2D eigenvalue weighted by Gasteiger charge is 2.52. The summed E-state index contributed by atoms with van der Waals surface area (Å²) in [5, 5.41) is 7.97. The van der Waals surface area contributed by atoms with Crippen LogP contribution in [0.2, 0.25) is 0 Å². The highest BCUT2D eigenvalue weighted by molar-refractivity contribution is 6.07. The average Bonchev–Trinajstić information content (AvgIpc) is 2.93. The number of nitrogens with one attached hydrogen (secondary N) is 1. The van der Waals surface area contributed by atoms with Gasteiger partial charge >= 0.3 is 6.03 Å². The second-order valence-corrected chi connectivity index (χ2v) is 7.67. The molecule has 0 bridgehead atoms. The first-order valence-corrected chi connectivity index (χ1v) is 10.0. The van der Waals surface area contributed by atoms with Crippen molar-refractivity contribution in [2.45, 2.75) is 57.9 Å². The number of amides is 3. The molecule has 0 aromatic heterocycles. The monoisotopic (exact) mass is 387 g/mol. The molecule has 1 saturated heterocycles. The number of ether oxygens (including phenoxy) is 2. The van der Waals surface area contributed by atoms with E-state index in [1.54, 1.807) is 13.2 Å². The van der Waals surface area contributed by atoms with Gasteiger partial charge in [-0.25, -0.2) is 4.79 Å². The highest BCUT2D eigenvalue weighted by atomic mass is 16.5. The molecule has 0 radical (unpaired) electrons. The maximum Gasteiger partial charge on any atom is 0.346 e. The molecule has 1 saturated carbocycles. The normalized spacial score (nSPS) is 24.8. The number of imide groups is 1. The molecule has 3 amide bonds. The predicted molar refractivity (Wildman–Crippen MR) is 107 cm³/mol. The summed E-state index contributed by atoms with van der Waals surface area (Å²) in [5.41, 5.74) is -0.0613. The lowest BCUT2D eigenvalue weighted by atomic mass is 9.77. The van der Waals surface area contributed by atoms with Gasteiger partial charge in [-0.2, -0.15) is 5.10 Å². The second kappa shape index (κ2) is 8.63. The first kappa shape index (κ1) is 20.2. The molecule has 28 heavy (non-hydrogen) atoms. The third-order valence-corrected chi connectivity index (χ3v) is 5.53. The van der Waals surface area contributed by atoms with Crippen molar-refractivity contribution in [2.24, 2.45) is 11.0 Å². The zero-order chi connectivity index (χ0) is 20.1. The fourth-order valence-corrected chi connectivity index (χ4v) is 3.64. The molecule has 2 aliphatic rings. The van der Waals surface area contributed by atoms with Gasteiger partial charge in [-0.15, -0.1) is 5.01 Å². The smallest absolute Gasteiger partial charge is 0.346 e. The number of unbranched alkanes of at least 4 members (excludes halogenated alkanes) is 1. The molecule has 7 heteroatoms. The fraction of sp³-hybridized carbons (Fsp3) is 0.571. The molecule has 7 nitrogen and oxygen atoms in total. The zero-order valence-electron chi connectivity index (χ0n) is 16.9. The summed E-state index contributed by atoms with van der Waals surface area (Å²) in [5.74, 6) is 1.58. The Labute approximate surface area is 166 Å². The Balaban J connectivity index is 1.71. The van der Waals surface area contributed by atoms with Crippen molar-refractivity contribution in [3.05, 3.63) is 23.8 Å². The Bertz CT molecular complexity index is 754. The first-order chi connectivity index (χ1) is 13.5. The van der Waals surface area contributed by atoms with Crippen molar-refractivity contribution in [1.29, 1.82) is 0 Å². The molecule has 0 atom stereocenters. The lowest BCUT2D eigenvalue weighted by Gasteiger charge is -2.33. The van der Waals surface area contributed by atoms with E-state index in [0.29, 0.717) is 36.9 Å². The SMILES string of the molecule is CCCCOc1ccc(/C=N\N2C(=O)NC3(CCC(C)CC3)C2=O)cc1OC. The third kappa shape index (κ3) is 4.13. The van der Waals surface area contributed by atoms with Crippen LogP contribution in [0, 0.1) is 5.92 Å². The summed E-state index contributed by atoms with van der Waals surface area (Å²) in [6.45, 7) is 4.91. The van der Waals surface area contributed by atoms with E-state index in [1.807, 2.05) is 12.1 Å². The van der Waals surface area contributed by atoms with Crippen LogP contribution in [0.3, 0.4) is 0 Å². The van der Waals surface area contributed by atoms with Crippen molar-refractivity contribution < 1.29 is 19.1 Å². The van der Waals surface area contributed by atoms with E-state index in [9.17, 15) is 9.59 Å². The number of hydrazone groups is 1. The number of hydrogen-bond acceptors (Lipinski definition) is 5. The van der Waals surface area contributed by atoms with Crippen LogP contribution in [0.15, 0.2) is 23.3 Å². The zero-order valence-corrected chi connectivity index (χ0v) is 16.9. The Kier molecular flexibility index (Phi) is 6.21. The van der Waals surface area contributed by atoms with Crippen LogP contribution < -0.4 is 14.8 Å². The van der Waals surface area contributed by atoms with Crippen LogP contribution in [-0.2, 0) is 4.79 Å². The van der Waals surface area contributed by atoms with Crippen LogP contribution in [0.1, 0.15) is 57.9 Å². The molecule has 152 valence electrons. The number of carbonyl (C=O) groups is 2. The standard InChI is InChI=1S/C21H29N3O4/c1-4-5-12-28-17-7-6-16(13-18(17)27-3)14-22-24-19(25)21(23-20(24)26)10-8-15(2)9-11-21/h6-7,13-15H,4-5,8-12H2,1-3H3,(H,23,26)/b22-14-. The van der Waals surface area contributed by atoms with Crippen LogP contribution >= 0.6 is 0 Å². The number of urea groups is 1. The van der Waals surface area contributed by atoms with Crippen LogP contribution in [0.4, 0.5) is 4.79 Å². The molecule has 2 fully saturated rings. The molecule has 1 heterocycles. The Morgan fingerprint density at radius 3 is 2.71 bits per heavy atom. The Morgan fingerprint density at radius 2 is 2.04 bits per heavy atom. The van der Waals surface area contributed by atoms with Crippen molar-refractivity contribution in [3.63, 3.8) is 0 Å². The van der Waals surface area contributed by atoms with Gasteiger partial charge in [-0.1, -0.05) is 20.3 Å². The van der Waals surface area contributed by atoms with Crippen LogP contribution in [-0.4, -0.2) is 42.4 Å². The van der Waals surface area contributed by atoms with Gasteiger partial charge in [0.25, 0.3) is 5.91 Å². The Hall–Kier alpha value is -2.57. The number of methoxy groups -OCH3 is 1. The average molecular weight is 387 g/mol. The van der Waals surface area contributed by atoms with Gasteiger partial charge in [-0.3, -0.25) is 4.79 Å². The number of carbonyl (C=O) groups excluding carboxylic acids is 2. The third-order valence-electron chi connectivity index (χ3n) is 5.53. The molecular weight excluding hydrogens is 358 g/mol. The van der Waals surface area contributed by atoms with Crippen LogP contribution in [0.5, 0.6) is 11.5 Å². The van der Waals surface area contributed by atoms with Gasteiger partial charge < -0.3 is 14.8 Å². The maximum absolute atomic E-state index is 12.8. The van der Waals surface area contributed by atoms with Crippen molar-refractivity contribution >= 4 is 18.2 Å². The predicted octanol–water partition coefficient (Wildman–Crippen LogP) is 3.71. The van der Waals surface area contributed by atoms with Gasteiger partial charge in [-0.05, 0) is 61.8 Å². The summed E-state index contributed by atoms with van der Waals surface area (Å²) in [6, 6.07) is 4.96. The summed E-state index contributed by atoms with van der Waals surface area (Å²) in [6.07, 6.45) is 6.73. The van der Waals surface area contributed by atoms with Crippen molar-refractivity contribution in [2.75, 3.05) is 13.7 Å². The second-order valence-electron chi connectivity index (χ2n) is 7.67. The quantitative estimate of drug-likeness (QED) is 0.439. The number of benzene rings is 1. The first-order valence-electron chi connectivity index (χ1n) is 10.0. The van der Waals surface area contributed by atoms with E-state index in [4.69, 9.17) is 9.47 Å². The molecule has 1 spiro atoms. The molecule has 1 N–H and O–H groups in total. The Morgan fingerprint density at radius 1 is 1.29 bits per heavy atom. The molecule has 3 rings (SSSR count). The minimum atomic E-state index is -0.782. The highest BCUT2D eigenvalue weighted by Crippen LogP contribution is 2.36. The summed E-state index contributed by atoms with van der Waals surface area (Å²) in [7, 11) is 1.58. The van der Waals surface area contributed by atoms with Gasteiger partial charge in [0.05, 0.1) is 19.9 Å². The summed E-state index contributed by atoms with van der Waals surface area (Å²) >= 11 is 0. The lowest BCUT2D eigenvalue weighted by molar-refractivity contribution is -0.132. The summed E-state index contributed by atoms with van der Waals surface area (Å²) < 4.78 is 11.1. The van der Waals surface area contributed by atoms with E-state index < -0.39 is 11.6 Å². The van der Waals surface area contributed by atoms with Gasteiger partial charge in [0, 0.05) is 0 Å². The number of hydrogen-bond donors (Lipinski definition) is 1. The lowest BCUT2D eigenvalue weighted by Crippen LogP contribution is -2.49. The van der Waals surface area contributed by atoms with Crippen molar-refractivity contribution in [1.82, 2.24) is 10.3 Å². The minimum absolute atomic E-state index is 0.257. The molecule has 1 aliphatic carbocycles. The van der Waals surface area contributed by atoms with Crippen LogP contribution in [0.25, 0.3) is 0 Å². The van der Waals surface area contributed by atoms with E-state index in [0.717, 1.165) is 36.3 Å². The molecule has 0 unspecified atom stereocenters. The number of rotatable bonds is 7. The van der Waals surface area contributed by atoms with Gasteiger partial charge in [0.15, 0.2) is 11.5 Å². The largest absolute Gasteiger partial charge is 0.493 e. The molecular formula is C21H29N3O4. The minimum Gasteiger partial charge on any atom is -0.493 e. The summed E-state index contributed by atoms with van der Waals surface area (Å²) in [4.78, 5) is 25.1. The fourth-order valence-electron chi connectivity index (χ4n) is 3.64.